The van der Waals surface area contributed by atoms with Crippen LogP contribution in [-0.4, -0.2) is 6.61 Å². The summed E-state index contributed by atoms with van der Waals surface area (Å²) in [5.41, 5.74) is 1.37. The molecule has 0 fully saturated rings. The summed E-state index contributed by atoms with van der Waals surface area (Å²) >= 11 is 0. The van der Waals surface area contributed by atoms with Gasteiger partial charge >= 0.3 is 0 Å². The number of hydrogen-bond donors (Lipinski definition) is 0. The van der Waals surface area contributed by atoms with Crippen molar-refractivity contribution in [1.82, 2.24) is 0 Å². The van der Waals surface area contributed by atoms with Crippen LogP contribution < -0.4 is 0 Å². The molecule has 1 unspecified atom stereocenters. The lowest BCUT2D eigenvalue weighted by Gasteiger charge is -2.18. The van der Waals surface area contributed by atoms with Crippen molar-refractivity contribution in [3.05, 3.63) is 35.9 Å². The van der Waals surface area contributed by atoms with Crippen molar-refractivity contribution in [2.75, 3.05) is 6.61 Å². The molecule has 0 aromatic heterocycles. The normalized spacial score (nSPS) is 12.3. The smallest absolute Gasteiger partial charge is 0.0824 e. The summed E-state index contributed by atoms with van der Waals surface area (Å²) in [5, 5.41) is 0. The van der Waals surface area contributed by atoms with Crippen LogP contribution in [0.2, 0.25) is 0 Å². The molecule has 0 bridgehead atoms. The Bertz CT molecular complexity index is 469. The molecular formula is C31H56O. The van der Waals surface area contributed by atoms with Crippen LogP contribution in [0.4, 0.5) is 0 Å². The molecule has 1 rings (SSSR count). The molecule has 0 spiro atoms. The van der Waals surface area contributed by atoms with Crippen LogP contribution in [0.15, 0.2) is 30.3 Å². The molecule has 1 aromatic carbocycles. The summed E-state index contributed by atoms with van der Waals surface area (Å²) in [6.45, 7) is 5.51. The van der Waals surface area contributed by atoms with Crippen molar-refractivity contribution < 1.29 is 4.74 Å². The van der Waals surface area contributed by atoms with Crippen molar-refractivity contribution in [3.8, 4) is 0 Å². The van der Waals surface area contributed by atoms with Gasteiger partial charge in [-0.15, -0.1) is 0 Å². The zero-order chi connectivity index (χ0) is 23.0. The lowest BCUT2D eigenvalue weighted by atomic mass is 10.0. The van der Waals surface area contributed by atoms with Gasteiger partial charge in [0, 0.05) is 6.61 Å². The first-order chi connectivity index (χ1) is 15.9. The van der Waals surface area contributed by atoms with E-state index < -0.39 is 0 Å². The molecule has 0 saturated carbocycles. The van der Waals surface area contributed by atoms with Gasteiger partial charge in [0.05, 0.1) is 6.10 Å². The Morgan fingerprint density at radius 1 is 0.500 bits per heavy atom. The Kier molecular flexibility index (Phi) is 21.3. The highest BCUT2D eigenvalue weighted by atomic mass is 16.5. The molecule has 0 radical (unpaired) electrons. The first-order valence-corrected chi connectivity index (χ1v) is 14.5. The van der Waals surface area contributed by atoms with Gasteiger partial charge in [0.15, 0.2) is 0 Å². The van der Waals surface area contributed by atoms with E-state index in [1.807, 2.05) is 0 Å². The summed E-state index contributed by atoms with van der Waals surface area (Å²) in [4.78, 5) is 0. The van der Waals surface area contributed by atoms with Crippen molar-refractivity contribution in [2.24, 2.45) is 0 Å². The third-order valence-electron chi connectivity index (χ3n) is 6.81. The second-order valence-corrected chi connectivity index (χ2v) is 9.92. The number of rotatable bonds is 24. The highest BCUT2D eigenvalue weighted by Crippen LogP contribution is 2.25. The fourth-order valence-corrected chi connectivity index (χ4v) is 4.65. The van der Waals surface area contributed by atoms with Crippen LogP contribution in [0.3, 0.4) is 0 Å². The number of benzene rings is 1. The molecule has 0 amide bonds. The number of ether oxygens (including phenoxy) is 1. The van der Waals surface area contributed by atoms with E-state index in [9.17, 15) is 0 Å². The van der Waals surface area contributed by atoms with Gasteiger partial charge in [-0.25, -0.2) is 0 Å². The highest BCUT2D eigenvalue weighted by Gasteiger charge is 2.11. The molecule has 0 aliphatic heterocycles. The maximum atomic E-state index is 6.37. The van der Waals surface area contributed by atoms with Gasteiger partial charge < -0.3 is 4.74 Å². The number of hydrogen-bond acceptors (Lipinski definition) is 1. The quantitative estimate of drug-likeness (QED) is 0.144. The first kappa shape index (κ1) is 29.2. The van der Waals surface area contributed by atoms with Crippen molar-refractivity contribution in [3.63, 3.8) is 0 Å². The molecule has 1 atom stereocenters. The average molecular weight is 445 g/mol. The lowest BCUT2D eigenvalue weighted by molar-refractivity contribution is 0.0421. The standard InChI is InChI=1S/C31H56O/c1-3-5-7-9-11-13-14-15-16-17-19-24-28-31(30-26-22-21-23-27-30)32-29-25-20-18-12-10-8-6-4-2/h21-23,26-27,31H,3-20,24-25,28-29H2,1-2H3. The molecule has 0 aliphatic rings. The largest absolute Gasteiger partial charge is 0.374 e. The second-order valence-electron chi connectivity index (χ2n) is 9.92. The molecule has 186 valence electrons. The van der Waals surface area contributed by atoms with Gasteiger partial charge in [-0.05, 0) is 18.4 Å². The molecular weight excluding hydrogens is 388 g/mol. The summed E-state index contributed by atoms with van der Waals surface area (Å²) in [6.07, 6.45) is 29.3. The Morgan fingerprint density at radius 2 is 0.906 bits per heavy atom. The fourth-order valence-electron chi connectivity index (χ4n) is 4.65. The van der Waals surface area contributed by atoms with Gasteiger partial charge in [0.25, 0.3) is 0 Å². The summed E-state index contributed by atoms with van der Waals surface area (Å²) in [6, 6.07) is 10.9. The van der Waals surface area contributed by atoms with Crippen LogP contribution in [0.1, 0.15) is 160 Å². The van der Waals surface area contributed by atoms with Gasteiger partial charge in [0.2, 0.25) is 0 Å². The molecule has 1 heteroatoms. The van der Waals surface area contributed by atoms with E-state index in [2.05, 4.69) is 44.2 Å². The Labute approximate surface area is 202 Å². The molecule has 0 saturated heterocycles. The van der Waals surface area contributed by atoms with Gasteiger partial charge in [-0.3, -0.25) is 0 Å². The third-order valence-corrected chi connectivity index (χ3v) is 6.81. The Balaban J connectivity index is 2.07. The minimum absolute atomic E-state index is 0.295. The summed E-state index contributed by atoms with van der Waals surface area (Å²) in [5.74, 6) is 0. The minimum Gasteiger partial charge on any atom is -0.374 e. The maximum absolute atomic E-state index is 6.37. The Hall–Kier alpha value is -0.820. The Morgan fingerprint density at radius 3 is 1.38 bits per heavy atom. The minimum atomic E-state index is 0.295. The monoisotopic (exact) mass is 444 g/mol. The van der Waals surface area contributed by atoms with Gasteiger partial charge in [0.1, 0.15) is 0 Å². The summed E-state index contributed by atoms with van der Waals surface area (Å²) in [7, 11) is 0. The maximum Gasteiger partial charge on any atom is 0.0824 e. The van der Waals surface area contributed by atoms with Crippen LogP contribution in [0.5, 0.6) is 0 Å². The van der Waals surface area contributed by atoms with E-state index >= 15 is 0 Å². The zero-order valence-electron chi connectivity index (χ0n) is 21.9. The second kappa shape index (κ2) is 23.3. The molecule has 0 heterocycles. The van der Waals surface area contributed by atoms with Crippen LogP contribution in [0.25, 0.3) is 0 Å². The van der Waals surface area contributed by atoms with E-state index in [1.165, 1.54) is 140 Å². The highest BCUT2D eigenvalue weighted by molar-refractivity contribution is 5.17. The summed E-state index contributed by atoms with van der Waals surface area (Å²) < 4.78 is 6.37. The molecule has 0 N–H and O–H groups in total. The van der Waals surface area contributed by atoms with E-state index in [0.717, 1.165) is 6.61 Å². The predicted molar refractivity (Wildman–Crippen MR) is 143 cm³/mol. The number of unbranched alkanes of at least 4 members (excludes halogenated alkanes) is 18. The van der Waals surface area contributed by atoms with Crippen molar-refractivity contribution in [1.29, 1.82) is 0 Å². The fraction of sp³-hybridized carbons (Fsp3) is 0.806. The van der Waals surface area contributed by atoms with E-state index in [0.29, 0.717) is 6.10 Å². The van der Waals surface area contributed by atoms with Crippen molar-refractivity contribution >= 4 is 0 Å². The topological polar surface area (TPSA) is 9.23 Å². The first-order valence-electron chi connectivity index (χ1n) is 14.5. The van der Waals surface area contributed by atoms with Crippen LogP contribution in [-0.2, 0) is 4.74 Å². The van der Waals surface area contributed by atoms with E-state index in [1.54, 1.807) is 0 Å². The molecule has 0 aliphatic carbocycles. The SMILES string of the molecule is CCCCCCCCCCCCCCC(OCCCCCCCCCC)c1ccccc1. The van der Waals surface area contributed by atoms with E-state index in [-0.39, 0.29) is 0 Å². The van der Waals surface area contributed by atoms with E-state index in [4.69, 9.17) is 4.74 Å². The lowest BCUT2D eigenvalue weighted by Crippen LogP contribution is -2.06. The molecule has 32 heavy (non-hydrogen) atoms. The third kappa shape index (κ3) is 17.7. The van der Waals surface area contributed by atoms with Crippen LogP contribution in [0, 0.1) is 0 Å². The predicted octanol–water partition coefficient (Wildman–Crippen LogP) is 11.0. The van der Waals surface area contributed by atoms with Gasteiger partial charge in [-0.1, -0.05) is 166 Å². The van der Waals surface area contributed by atoms with Crippen molar-refractivity contribution in [2.45, 2.75) is 155 Å². The zero-order valence-corrected chi connectivity index (χ0v) is 21.9. The average Bonchev–Trinajstić information content (AvgIpc) is 2.83. The van der Waals surface area contributed by atoms with Crippen LogP contribution >= 0.6 is 0 Å². The molecule has 1 aromatic rings. The molecule has 1 nitrogen and oxygen atoms in total. The van der Waals surface area contributed by atoms with Gasteiger partial charge in [-0.2, -0.15) is 0 Å².